The summed E-state index contributed by atoms with van der Waals surface area (Å²) < 4.78 is 56.7. The van der Waals surface area contributed by atoms with E-state index in [4.69, 9.17) is 18.9 Å². The van der Waals surface area contributed by atoms with Crippen LogP contribution in [0.3, 0.4) is 0 Å². The van der Waals surface area contributed by atoms with E-state index < -0.39 is 10.8 Å². The topological polar surface area (TPSA) is 43.4 Å². The normalized spacial score (nSPS) is 17.3. The van der Waals surface area contributed by atoms with Gasteiger partial charge in [0.15, 0.2) is 0 Å². The summed E-state index contributed by atoms with van der Waals surface area (Å²) in [6.45, 7) is 20.9. The minimum Gasteiger partial charge on any atom is -0.493 e. The number of aryl methyl sites for hydroxylation is 6. The summed E-state index contributed by atoms with van der Waals surface area (Å²) in [7, 11) is 0. The third kappa shape index (κ3) is 10.7. The van der Waals surface area contributed by atoms with E-state index >= 15 is 8.78 Å². The summed E-state index contributed by atoms with van der Waals surface area (Å²) in [5.41, 5.74) is 25.4. The molecule has 12 aromatic rings. The van der Waals surface area contributed by atoms with Crippen molar-refractivity contribution in [1.29, 1.82) is 0 Å². The number of fused-ring (bicyclic) bond motifs is 6. The molecule has 0 bridgehead atoms. The maximum absolute atomic E-state index is 16.2. The summed E-state index contributed by atoms with van der Waals surface area (Å²) >= 11 is 0. The van der Waals surface area contributed by atoms with Crippen molar-refractivity contribution in [2.24, 2.45) is 10.8 Å². The Balaban J connectivity index is 0.779. The summed E-state index contributed by atoms with van der Waals surface area (Å²) in [6, 6.07) is 90.5. The van der Waals surface area contributed by atoms with E-state index in [1.54, 1.807) is 12.1 Å². The zero-order valence-corrected chi connectivity index (χ0v) is 58.2. The average Bonchev–Trinajstić information content (AvgIpc) is 1.53. The minimum absolute atomic E-state index is 0.0414. The zero-order valence-electron chi connectivity index (χ0n) is 58.2. The van der Waals surface area contributed by atoms with Crippen LogP contribution in [0.2, 0.25) is 0 Å². The molecule has 4 aliphatic rings. The van der Waals surface area contributed by atoms with Crippen molar-refractivity contribution in [3.63, 3.8) is 0 Å². The third-order valence-electron chi connectivity index (χ3n) is 22.4. The quantitative estimate of drug-likeness (QED) is 0.0804. The predicted molar refractivity (Wildman–Crippen MR) is 402 cm³/mol. The van der Waals surface area contributed by atoms with Gasteiger partial charge in [0, 0.05) is 34.1 Å². The van der Waals surface area contributed by atoms with E-state index in [1.807, 2.05) is 38.1 Å². The fraction of sp³-hybridized carbons (Fsp3) is 0.217. The second-order valence-electron chi connectivity index (χ2n) is 28.6. The molecular formula is C92H82F2N2O4. The van der Waals surface area contributed by atoms with E-state index in [-0.39, 0.29) is 22.5 Å². The number of ether oxygens (including phenoxy) is 4. The standard InChI is InChI=1S/C92H82F2N2O4/c1-9-89(53-97-54-89)57-99-75-41-29-67(30-42-75)91(83-47-59(3)19-21-61(83)5)81-17-13-11-15-77(81)79-45-39-71(49-85(79)91)95(73-33-23-63(7)87(93)51-73)69-35-25-65(26-36-69)66-27-37-70(38-28-66)96(74-34-24-64(8)88(94)52-74)72-40-46-80-78-16-12-14-18-82(78)92(86(80)50-72,84-48-60(4)20-22-62(84)6)68-31-43-76(44-32-68)100-58-90(10-2)55-98-56-90/h11-52H,9-10,53-58H2,1-8H3. The number of benzene rings is 12. The van der Waals surface area contributed by atoms with Crippen LogP contribution >= 0.6 is 0 Å². The van der Waals surface area contributed by atoms with Crippen LogP contribution in [0.4, 0.5) is 42.9 Å². The van der Waals surface area contributed by atoms with Gasteiger partial charge in [-0.15, -0.1) is 0 Å². The first kappa shape index (κ1) is 64.3. The Labute approximate surface area is 587 Å². The van der Waals surface area contributed by atoms with Crippen molar-refractivity contribution >= 4 is 34.1 Å². The van der Waals surface area contributed by atoms with Gasteiger partial charge in [0.2, 0.25) is 0 Å². The number of rotatable bonds is 19. The van der Waals surface area contributed by atoms with Gasteiger partial charge in [0.05, 0.1) is 61.3 Å². The van der Waals surface area contributed by atoms with Crippen LogP contribution in [0.15, 0.2) is 255 Å². The highest BCUT2D eigenvalue weighted by Crippen LogP contribution is 2.61. The van der Waals surface area contributed by atoms with E-state index in [2.05, 4.69) is 270 Å². The van der Waals surface area contributed by atoms with E-state index in [1.165, 1.54) is 55.6 Å². The molecule has 498 valence electrons. The SMILES string of the molecule is CCC1(COc2ccc(C3(c4cc(C)ccc4C)c4ccccc4-c4ccc(N(c5ccc(-c6ccc(N(c7ccc(C)c(F)c7)c7ccc8c(c7)C(c7ccc(OCC9(CC)COC9)cc7)(c7cc(C)ccc7C)c7ccccc7-8)cc6)cc5)c5ccc(C)c(F)c5)cc43)cc2)COC1. The van der Waals surface area contributed by atoms with Gasteiger partial charge < -0.3 is 28.7 Å². The van der Waals surface area contributed by atoms with Crippen LogP contribution < -0.4 is 19.3 Å². The Morgan fingerprint density at radius 1 is 0.330 bits per heavy atom. The highest BCUT2D eigenvalue weighted by atomic mass is 19.1. The molecule has 2 unspecified atom stereocenters. The second kappa shape index (κ2) is 25.4. The van der Waals surface area contributed by atoms with Crippen LogP contribution in [0.1, 0.15) is 105 Å². The van der Waals surface area contributed by atoms with Crippen molar-refractivity contribution in [3.05, 3.63) is 344 Å². The first-order valence-corrected chi connectivity index (χ1v) is 35.2. The van der Waals surface area contributed by atoms with Crippen LogP contribution in [0, 0.1) is 64.0 Å². The minimum atomic E-state index is -0.725. The van der Waals surface area contributed by atoms with Gasteiger partial charge >= 0.3 is 0 Å². The summed E-state index contributed by atoms with van der Waals surface area (Å²) in [5, 5.41) is 0. The monoisotopic (exact) mass is 1320 g/mol. The molecule has 0 radical (unpaired) electrons. The van der Waals surface area contributed by atoms with Crippen molar-refractivity contribution in [2.75, 3.05) is 49.4 Å². The maximum Gasteiger partial charge on any atom is 0.128 e. The lowest BCUT2D eigenvalue weighted by atomic mass is 9.66. The second-order valence-corrected chi connectivity index (χ2v) is 28.6. The van der Waals surface area contributed by atoms with Gasteiger partial charge in [-0.3, -0.25) is 0 Å². The van der Waals surface area contributed by atoms with Crippen LogP contribution in [-0.2, 0) is 20.3 Å². The largest absolute Gasteiger partial charge is 0.493 e. The highest BCUT2D eigenvalue weighted by molar-refractivity contribution is 5.92. The molecule has 2 saturated heterocycles. The van der Waals surface area contributed by atoms with Crippen molar-refractivity contribution < 1.29 is 27.7 Å². The lowest BCUT2D eigenvalue weighted by Gasteiger charge is -2.40. The molecule has 2 aliphatic carbocycles. The molecule has 8 heteroatoms. The summed E-state index contributed by atoms with van der Waals surface area (Å²) in [4.78, 5) is 4.36. The number of halogens is 2. The summed E-state index contributed by atoms with van der Waals surface area (Å²) in [6.07, 6.45) is 2.00. The Kier molecular flexibility index (Phi) is 16.3. The van der Waals surface area contributed by atoms with E-state index in [0.717, 1.165) is 91.6 Å². The fourth-order valence-electron chi connectivity index (χ4n) is 16.2. The highest BCUT2D eigenvalue weighted by Gasteiger charge is 2.50. The lowest BCUT2D eigenvalue weighted by Crippen LogP contribution is -2.46. The Hall–Kier alpha value is -10.4. The van der Waals surface area contributed by atoms with Gasteiger partial charge in [-0.25, -0.2) is 8.78 Å². The molecule has 16 rings (SSSR count). The molecule has 2 fully saturated rings. The number of hydrogen-bond acceptors (Lipinski definition) is 6. The maximum atomic E-state index is 16.2. The lowest BCUT2D eigenvalue weighted by molar-refractivity contribution is -0.133. The molecule has 2 heterocycles. The average molecular weight is 1320 g/mol. The predicted octanol–water partition coefficient (Wildman–Crippen LogP) is 22.8. The zero-order chi connectivity index (χ0) is 68.7. The molecule has 6 nitrogen and oxygen atoms in total. The van der Waals surface area contributed by atoms with Crippen molar-refractivity contribution in [2.45, 2.75) is 79.1 Å². The molecule has 0 aromatic heterocycles. The molecule has 0 spiro atoms. The Morgan fingerprint density at radius 2 is 0.670 bits per heavy atom. The Bertz CT molecular complexity index is 4780. The third-order valence-corrected chi connectivity index (χ3v) is 22.4. The van der Waals surface area contributed by atoms with E-state index in [9.17, 15) is 0 Å². The molecular weight excluding hydrogens is 1240 g/mol. The van der Waals surface area contributed by atoms with Gasteiger partial charge in [-0.05, 0) is 252 Å². The van der Waals surface area contributed by atoms with Gasteiger partial charge in [-0.1, -0.05) is 183 Å². The van der Waals surface area contributed by atoms with Crippen LogP contribution in [0.5, 0.6) is 11.5 Å². The first-order valence-electron chi connectivity index (χ1n) is 35.2. The van der Waals surface area contributed by atoms with Crippen molar-refractivity contribution in [1.82, 2.24) is 0 Å². The van der Waals surface area contributed by atoms with Crippen molar-refractivity contribution in [3.8, 4) is 44.9 Å². The molecule has 100 heavy (non-hydrogen) atoms. The van der Waals surface area contributed by atoms with Crippen LogP contribution in [-0.4, -0.2) is 39.6 Å². The smallest absolute Gasteiger partial charge is 0.128 e. The number of anilines is 6. The molecule has 12 aromatic carbocycles. The van der Waals surface area contributed by atoms with Crippen LogP contribution in [0.25, 0.3) is 33.4 Å². The van der Waals surface area contributed by atoms with Gasteiger partial charge in [0.1, 0.15) is 23.1 Å². The number of nitrogens with zero attached hydrogens (tertiary/aromatic N) is 2. The molecule has 0 amide bonds. The molecule has 0 saturated carbocycles. The van der Waals surface area contributed by atoms with Gasteiger partial charge in [-0.2, -0.15) is 0 Å². The fourth-order valence-corrected chi connectivity index (χ4v) is 16.2. The number of hydrogen-bond donors (Lipinski definition) is 0. The molecule has 0 N–H and O–H groups in total. The van der Waals surface area contributed by atoms with E-state index in [0.29, 0.717) is 62.1 Å². The molecule has 2 aliphatic heterocycles. The van der Waals surface area contributed by atoms with Gasteiger partial charge in [0.25, 0.3) is 0 Å². The first-order chi connectivity index (χ1) is 48.6. The molecule has 2 atom stereocenters. The Morgan fingerprint density at radius 3 is 1.03 bits per heavy atom. The summed E-state index contributed by atoms with van der Waals surface area (Å²) in [5.74, 6) is 1.10.